The Balaban J connectivity index is 1.27. The van der Waals surface area contributed by atoms with Crippen molar-refractivity contribution in [2.24, 2.45) is 5.73 Å². The van der Waals surface area contributed by atoms with Crippen LogP contribution in [-0.4, -0.2) is 16.8 Å². The minimum atomic E-state index is -0.630. The molecule has 240 valence electrons. The van der Waals surface area contributed by atoms with E-state index in [1.165, 1.54) is 12.1 Å². The van der Waals surface area contributed by atoms with Crippen LogP contribution in [0.2, 0.25) is 5.02 Å². The number of aromatic nitrogens is 1. The van der Waals surface area contributed by atoms with Crippen LogP contribution in [0.3, 0.4) is 0 Å². The van der Waals surface area contributed by atoms with E-state index in [2.05, 4.69) is 10.3 Å². The topological polar surface area (TPSA) is 107 Å². The fraction of sp³-hybridized carbons (Fsp3) is 0.154. The highest BCUT2D eigenvalue weighted by atomic mass is 35.5. The van der Waals surface area contributed by atoms with E-state index in [0.717, 1.165) is 46.4 Å². The van der Waals surface area contributed by atoms with Crippen LogP contribution in [0, 0.1) is 12.7 Å². The fourth-order valence-corrected chi connectivity index (χ4v) is 6.16. The number of furan rings is 1. The van der Waals surface area contributed by atoms with Crippen molar-refractivity contribution < 1.29 is 23.1 Å². The number of carbonyl (C=O) groups is 2. The minimum Gasteiger partial charge on any atom is -0.488 e. The van der Waals surface area contributed by atoms with Crippen molar-refractivity contribution in [2.45, 2.75) is 38.3 Å². The van der Waals surface area contributed by atoms with Crippen LogP contribution in [0.25, 0.3) is 22.1 Å². The summed E-state index contributed by atoms with van der Waals surface area (Å²) in [5.74, 6) is -0.432. The van der Waals surface area contributed by atoms with Gasteiger partial charge in [0.15, 0.2) is 0 Å². The SMILES string of the molecule is Cc1cc(OCc2ccc(Cl)cc2)c(C(=O)NC2(c3ccccn3)CC2)cc1-c1ccc2oc(Cc3ccc(F)cc3)c(C(N)=O)c2c1. The lowest BCUT2D eigenvalue weighted by molar-refractivity contribution is 0.0924. The number of ether oxygens (including phenoxy) is 1. The number of nitrogens with zero attached hydrogens (tertiary/aromatic N) is 1. The number of aryl methyl sites for hydroxylation is 1. The van der Waals surface area contributed by atoms with Gasteiger partial charge in [-0.25, -0.2) is 4.39 Å². The maximum Gasteiger partial charge on any atom is 0.255 e. The summed E-state index contributed by atoms with van der Waals surface area (Å²) in [6, 6.07) is 28.2. The molecule has 1 aliphatic carbocycles. The first kappa shape index (κ1) is 31.1. The van der Waals surface area contributed by atoms with E-state index in [9.17, 15) is 14.0 Å². The molecule has 0 radical (unpaired) electrons. The number of fused-ring (bicyclic) bond motifs is 1. The van der Waals surface area contributed by atoms with Gasteiger partial charge in [-0.3, -0.25) is 14.6 Å². The summed E-state index contributed by atoms with van der Waals surface area (Å²) < 4.78 is 25.9. The summed E-state index contributed by atoms with van der Waals surface area (Å²) in [7, 11) is 0. The molecule has 0 saturated heterocycles. The molecule has 1 fully saturated rings. The normalized spacial score (nSPS) is 13.3. The third-order valence-electron chi connectivity index (χ3n) is 8.73. The molecule has 6 aromatic rings. The Labute approximate surface area is 281 Å². The molecule has 0 spiro atoms. The average molecular weight is 660 g/mol. The predicted molar refractivity (Wildman–Crippen MR) is 183 cm³/mol. The van der Waals surface area contributed by atoms with Crippen molar-refractivity contribution in [2.75, 3.05) is 0 Å². The van der Waals surface area contributed by atoms with Gasteiger partial charge in [0, 0.05) is 23.0 Å². The number of carbonyl (C=O) groups excluding carboxylic acids is 2. The fourth-order valence-electron chi connectivity index (χ4n) is 6.03. The zero-order chi connectivity index (χ0) is 33.4. The second kappa shape index (κ2) is 12.6. The number of hydrogen-bond donors (Lipinski definition) is 2. The number of benzene rings is 4. The van der Waals surface area contributed by atoms with Gasteiger partial charge in [-0.05, 0) is 108 Å². The Morgan fingerprint density at radius 3 is 2.42 bits per heavy atom. The van der Waals surface area contributed by atoms with Crippen LogP contribution in [-0.2, 0) is 18.6 Å². The van der Waals surface area contributed by atoms with Crippen molar-refractivity contribution in [1.29, 1.82) is 0 Å². The van der Waals surface area contributed by atoms with E-state index in [1.54, 1.807) is 36.5 Å². The van der Waals surface area contributed by atoms with Crippen LogP contribution in [0.5, 0.6) is 5.75 Å². The van der Waals surface area contributed by atoms with Crippen molar-refractivity contribution >= 4 is 34.4 Å². The molecule has 4 aromatic carbocycles. The summed E-state index contributed by atoms with van der Waals surface area (Å²) in [4.78, 5) is 31.3. The van der Waals surface area contributed by atoms with Gasteiger partial charge in [0.05, 0.1) is 22.4 Å². The maximum atomic E-state index is 14.1. The molecular weight excluding hydrogens is 629 g/mol. The van der Waals surface area contributed by atoms with Gasteiger partial charge in [-0.2, -0.15) is 0 Å². The van der Waals surface area contributed by atoms with Gasteiger partial charge in [0.2, 0.25) is 0 Å². The molecule has 0 aliphatic heterocycles. The highest BCUT2D eigenvalue weighted by Gasteiger charge is 2.47. The highest BCUT2D eigenvalue weighted by molar-refractivity contribution is 6.30. The lowest BCUT2D eigenvalue weighted by Crippen LogP contribution is -2.35. The van der Waals surface area contributed by atoms with Gasteiger partial charge >= 0.3 is 0 Å². The quantitative estimate of drug-likeness (QED) is 0.154. The van der Waals surface area contributed by atoms with Crippen molar-refractivity contribution in [1.82, 2.24) is 10.3 Å². The van der Waals surface area contributed by atoms with Crippen molar-refractivity contribution in [3.63, 3.8) is 0 Å². The van der Waals surface area contributed by atoms with Crippen LogP contribution < -0.4 is 15.8 Å². The maximum absolute atomic E-state index is 14.1. The first-order chi connectivity index (χ1) is 23.2. The van der Waals surface area contributed by atoms with E-state index < -0.39 is 11.4 Å². The average Bonchev–Trinajstić information content (AvgIpc) is 3.77. The molecule has 7 rings (SSSR count). The Morgan fingerprint density at radius 2 is 1.73 bits per heavy atom. The Hall–Kier alpha value is -5.47. The summed E-state index contributed by atoms with van der Waals surface area (Å²) in [5.41, 5.74) is 11.4. The third-order valence-corrected chi connectivity index (χ3v) is 8.99. The van der Waals surface area contributed by atoms with E-state index in [1.807, 2.05) is 61.5 Å². The summed E-state index contributed by atoms with van der Waals surface area (Å²) in [6.45, 7) is 2.18. The Morgan fingerprint density at radius 1 is 0.979 bits per heavy atom. The zero-order valence-corrected chi connectivity index (χ0v) is 26.8. The van der Waals surface area contributed by atoms with E-state index in [4.69, 9.17) is 26.5 Å². The molecule has 7 nitrogen and oxygen atoms in total. The number of rotatable bonds is 10. The van der Waals surface area contributed by atoms with Crippen LogP contribution >= 0.6 is 11.6 Å². The molecule has 2 aromatic heterocycles. The molecular formula is C39H31ClFN3O4. The van der Waals surface area contributed by atoms with Crippen molar-refractivity contribution in [3.05, 3.63) is 153 Å². The monoisotopic (exact) mass is 659 g/mol. The molecule has 1 aliphatic rings. The van der Waals surface area contributed by atoms with Gasteiger partial charge in [0.25, 0.3) is 11.8 Å². The number of nitrogens with two attached hydrogens (primary N) is 1. The lowest BCUT2D eigenvalue weighted by Gasteiger charge is -2.20. The molecule has 9 heteroatoms. The largest absolute Gasteiger partial charge is 0.488 e. The molecule has 2 amide bonds. The number of halogens is 2. The number of amides is 2. The smallest absolute Gasteiger partial charge is 0.255 e. The predicted octanol–water partition coefficient (Wildman–Crippen LogP) is 8.28. The molecule has 48 heavy (non-hydrogen) atoms. The first-order valence-electron chi connectivity index (χ1n) is 15.5. The lowest BCUT2D eigenvalue weighted by atomic mass is 9.95. The Kier molecular flexibility index (Phi) is 8.19. The minimum absolute atomic E-state index is 0.238. The van der Waals surface area contributed by atoms with Gasteiger partial charge in [0.1, 0.15) is 29.5 Å². The zero-order valence-electron chi connectivity index (χ0n) is 26.1. The van der Waals surface area contributed by atoms with Crippen molar-refractivity contribution in [3.8, 4) is 16.9 Å². The van der Waals surface area contributed by atoms with Gasteiger partial charge < -0.3 is 20.2 Å². The van der Waals surface area contributed by atoms with Crippen LogP contribution in [0.15, 0.2) is 108 Å². The number of nitrogens with one attached hydrogen (secondary N) is 1. The van der Waals surface area contributed by atoms with Crippen LogP contribution in [0.1, 0.15) is 61.7 Å². The number of hydrogen-bond acceptors (Lipinski definition) is 5. The van der Waals surface area contributed by atoms with Crippen LogP contribution in [0.4, 0.5) is 4.39 Å². The molecule has 3 N–H and O–H groups in total. The molecule has 2 heterocycles. The standard InChI is InChI=1S/C39H31ClFN3O4/c1-23-18-33(47-22-25-5-10-27(40)11-6-25)31(38(46)44-39(15-16-39)35-4-2-3-17-43-35)21-29(23)26-9-14-32-30(20-26)36(37(42)45)34(48-32)19-24-7-12-28(41)13-8-24/h2-14,17-18,20-21H,15-16,19,22H2,1H3,(H2,42,45)(H,44,46). The van der Waals surface area contributed by atoms with E-state index >= 15 is 0 Å². The summed E-state index contributed by atoms with van der Waals surface area (Å²) >= 11 is 6.07. The van der Waals surface area contributed by atoms with E-state index in [0.29, 0.717) is 33.1 Å². The molecule has 1 saturated carbocycles. The Bertz CT molecular complexity index is 2160. The number of primary amides is 1. The number of pyridine rings is 1. The van der Waals surface area contributed by atoms with Gasteiger partial charge in [-0.1, -0.05) is 48.0 Å². The molecule has 0 bridgehead atoms. The van der Waals surface area contributed by atoms with Gasteiger partial charge in [-0.15, -0.1) is 0 Å². The molecule has 0 unspecified atom stereocenters. The first-order valence-corrected chi connectivity index (χ1v) is 15.9. The summed E-state index contributed by atoms with van der Waals surface area (Å²) in [5, 5.41) is 4.41. The summed E-state index contributed by atoms with van der Waals surface area (Å²) in [6.07, 6.45) is 3.55. The second-order valence-electron chi connectivity index (χ2n) is 12.1. The molecule has 0 atom stereocenters. The highest BCUT2D eigenvalue weighted by Crippen LogP contribution is 2.45. The third kappa shape index (κ3) is 6.27. The van der Waals surface area contributed by atoms with E-state index in [-0.39, 0.29) is 30.3 Å². The second-order valence-corrected chi connectivity index (χ2v) is 12.5.